The van der Waals surface area contributed by atoms with Gasteiger partial charge >= 0.3 is 0 Å². The summed E-state index contributed by atoms with van der Waals surface area (Å²) >= 11 is 0. The largest absolute Gasteiger partial charge is 0.481 e. The number of benzene rings is 2. The Morgan fingerprint density at radius 1 is 1.09 bits per heavy atom. The lowest BCUT2D eigenvalue weighted by atomic mass is 9.87. The van der Waals surface area contributed by atoms with E-state index >= 15 is 0 Å². The van der Waals surface area contributed by atoms with E-state index in [0.717, 1.165) is 61.6 Å². The number of halogens is 1. The Hall–Kier alpha value is -2.89. The van der Waals surface area contributed by atoms with Gasteiger partial charge in [0.05, 0.1) is 6.04 Å². The molecule has 0 radical (unpaired) electrons. The maximum atomic E-state index is 13.7. The van der Waals surface area contributed by atoms with Gasteiger partial charge in [0.2, 0.25) is 5.91 Å². The van der Waals surface area contributed by atoms with Crippen LogP contribution in [0.4, 0.5) is 4.39 Å². The molecule has 180 valence electrons. The highest BCUT2D eigenvalue weighted by atomic mass is 19.1. The van der Waals surface area contributed by atoms with Gasteiger partial charge in [0.25, 0.3) is 5.91 Å². The van der Waals surface area contributed by atoms with Crippen LogP contribution in [0.15, 0.2) is 42.5 Å². The van der Waals surface area contributed by atoms with Crippen molar-refractivity contribution in [2.75, 3.05) is 6.54 Å². The number of rotatable bonds is 7. The van der Waals surface area contributed by atoms with E-state index in [1.165, 1.54) is 12.1 Å². The molecule has 5 rings (SSSR count). The molecular formula is C28H33FN2O3. The molecule has 1 aliphatic heterocycles. The molecule has 0 bridgehead atoms. The third-order valence-corrected chi connectivity index (χ3v) is 7.38. The van der Waals surface area contributed by atoms with Crippen LogP contribution in [0.25, 0.3) is 0 Å². The summed E-state index contributed by atoms with van der Waals surface area (Å²) < 4.78 is 19.9. The zero-order valence-corrected chi connectivity index (χ0v) is 19.8. The number of carbonyl (C=O) groups is 2. The van der Waals surface area contributed by atoms with Gasteiger partial charge < -0.3 is 15.0 Å². The lowest BCUT2D eigenvalue weighted by molar-refractivity contribution is -0.137. The van der Waals surface area contributed by atoms with Crippen molar-refractivity contribution in [2.45, 2.75) is 76.5 Å². The van der Waals surface area contributed by atoms with Crippen molar-refractivity contribution >= 4 is 11.8 Å². The Kier molecular flexibility index (Phi) is 6.57. The van der Waals surface area contributed by atoms with Crippen LogP contribution in [0.5, 0.6) is 5.75 Å². The molecule has 0 unspecified atom stereocenters. The molecule has 2 amide bonds. The van der Waals surface area contributed by atoms with Gasteiger partial charge in [0.15, 0.2) is 6.10 Å². The minimum atomic E-state index is -0.553. The van der Waals surface area contributed by atoms with E-state index in [4.69, 9.17) is 4.74 Å². The van der Waals surface area contributed by atoms with Crippen LogP contribution in [0.1, 0.15) is 74.6 Å². The van der Waals surface area contributed by atoms with Crippen LogP contribution in [0.2, 0.25) is 0 Å². The van der Waals surface area contributed by atoms with Crippen molar-refractivity contribution in [2.24, 2.45) is 5.92 Å². The molecule has 0 spiro atoms. The fourth-order valence-corrected chi connectivity index (χ4v) is 5.32. The molecule has 6 heteroatoms. The van der Waals surface area contributed by atoms with Gasteiger partial charge in [-0.25, -0.2) is 4.39 Å². The molecule has 2 aromatic rings. The average molecular weight is 465 g/mol. The van der Waals surface area contributed by atoms with Gasteiger partial charge in [-0.1, -0.05) is 38.0 Å². The van der Waals surface area contributed by atoms with Crippen molar-refractivity contribution in [1.29, 1.82) is 0 Å². The monoisotopic (exact) mass is 464 g/mol. The Balaban J connectivity index is 1.46. The molecule has 2 saturated carbocycles. The molecule has 1 N–H and O–H groups in total. The summed E-state index contributed by atoms with van der Waals surface area (Å²) in [6.45, 7) is 2.59. The first-order valence-corrected chi connectivity index (χ1v) is 12.7. The SMILES string of the molecule is CC[C@@H](Oc1ccc2c(c1)[C@H](c1ccc(F)cc1)N(C(=O)C1CCCC1)CC2)C(=O)NC1CC1. The lowest BCUT2D eigenvalue weighted by Crippen LogP contribution is -2.43. The number of fused-ring (bicyclic) bond motifs is 1. The predicted molar refractivity (Wildman–Crippen MR) is 128 cm³/mol. The van der Waals surface area contributed by atoms with E-state index in [2.05, 4.69) is 5.32 Å². The van der Waals surface area contributed by atoms with Crippen LogP contribution < -0.4 is 10.1 Å². The van der Waals surface area contributed by atoms with Crippen molar-refractivity contribution in [3.63, 3.8) is 0 Å². The molecule has 2 fully saturated rings. The van der Waals surface area contributed by atoms with Gasteiger partial charge in [0, 0.05) is 18.5 Å². The highest BCUT2D eigenvalue weighted by molar-refractivity contribution is 5.82. The first-order chi connectivity index (χ1) is 16.5. The second-order valence-corrected chi connectivity index (χ2v) is 9.88. The molecular weight excluding hydrogens is 431 g/mol. The van der Waals surface area contributed by atoms with Crippen LogP contribution >= 0.6 is 0 Å². The standard InChI is InChI=1S/C28H33FN2O3/c1-2-25(27(32)30-22-12-13-22)34-23-14-9-18-15-16-31(28(33)20-5-3-4-6-20)26(24(18)17-23)19-7-10-21(29)11-8-19/h7-11,14,17,20,22,25-26H,2-6,12-13,15-16H2,1H3,(H,30,32)/t25-,26+/m1/s1. The summed E-state index contributed by atoms with van der Waals surface area (Å²) in [6, 6.07) is 12.4. The normalized spacial score (nSPS) is 21.1. The number of hydrogen-bond acceptors (Lipinski definition) is 3. The highest BCUT2D eigenvalue weighted by Crippen LogP contribution is 2.40. The minimum absolute atomic E-state index is 0.0690. The van der Waals surface area contributed by atoms with Gasteiger partial charge in [0.1, 0.15) is 11.6 Å². The quantitative estimate of drug-likeness (QED) is 0.632. The Morgan fingerprint density at radius 3 is 2.50 bits per heavy atom. The van der Waals surface area contributed by atoms with Crippen LogP contribution in [0.3, 0.4) is 0 Å². The summed E-state index contributed by atoms with van der Waals surface area (Å²) in [5, 5.41) is 3.03. The van der Waals surface area contributed by atoms with Gasteiger partial charge in [-0.3, -0.25) is 9.59 Å². The highest BCUT2D eigenvalue weighted by Gasteiger charge is 2.36. The van der Waals surface area contributed by atoms with E-state index in [9.17, 15) is 14.0 Å². The fraction of sp³-hybridized carbons (Fsp3) is 0.500. The molecule has 0 aromatic heterocycles. The van der Waals surface area contributed by atoms with Crippen molar-refractivity contribution in [1.82, 2.24) is 10.2 Å². The van der Waals surface area contributed by atoms with Crippen LogP contribution in [-0.2, 0) is 16.0 Å². The molecule has 2 atom stereocenters. The third-order valence-electron chi connectivity index (χ3n) is 7.38. The molecule has 5 nitrogen and oxygen atoms in total. The van der Waals surface area contributed by atoms with E-state index in [1.807, 2.05) is 30.0 Å². The topological polar surface area (TPSA) is 58.6 Å². The van der Waals surface area contributed by atoms with Crippen molar-refractivity contribution < 1.29 is 18.7 Å². The fourth-order valence-electron chi connectivity index (χ4n) is 5.32. The number of nitrogens with one attached hydrogen (secondary N) is 1. The summed E-state index contributed by atoms with van der Waals surface area (Å²) in [4.78, 5) is 28.1. The summed E-state index contributed by atoms with van der Waals surface area (Å²) in [6.07, 6.45) is 6.93. The van der Waals surface area contributed by atoms with Gasteiger partial charge in [-0.15, -0.1) is 0 Å². The van der Waals surface area contributed by atoms with E-state index in [-0.39, 0.29) is 35.6 Å². The first kappa shape index (κ1) is 22.9. The second kappa shape index (κ2) is 9.77. The van der Waals surface area contributed by atoms with Gasteiger partial charge in [-0.05, 0) is 79.5 Å². The van der Waals surface area contributed by atoms with E-state index < -0.39 is 6.10 Å². The molecule has 2 aromatic carbocycles. The number of carbonyl (C=O) groups excluding carboxylic acids is 2. The summed E-state index contributed by atoms with van der Waals surface area (Å²) in [5.41, 5.74) is 3.05. The maximum Gasteiger partial charge on any atom is 0.261 e. The number of amides is 2. The second-order valence-electron chi connectivity index (χ2n) is 9.88. The first-order valence-electron chi connectivity index (χ1n) is 12.7. The average Bonchev–Trinajstić information content (AvgIpc) is 3.49. The van der Waals surface area contributed by atoms with Crippen molar-refractivity contribution in [3.05, 3.63) is 65.0 Å². The third kappa shape index (κ3) is 4.82. The minimum Gasteiger partial charge on any atom is -0.481 e. The van der Waals surface area contributed by atoms with E-state index in [0.29, 0.717) is 18.7 Å². The van der Waals surface area contributed by atoms with Gasteiger partial charge in [-0.2, -0.15) is 0 Å². The molecule has 1 heterocycles. The molecule has 2 aliphatic carbocycles. The van der Waals surface area contributed by atoms with E-state index in [1.54, 1.807) is 12.1 Å². The smallest absolute Gasteiger partial charge is 0.261 e. The maximum absolute atomic E-state index is 13.7. The summed E-state index contributed by atoms with van der Waals surface area (Å²) in [5.74, 6) is 0.520. The zero-order chi connectivity index (χ0) is 23.7. The van der Waals surface area contributed by atoms with Crippen molar-refractivity contribution in [3.8, 4) is 5.75 Å². The lowest BCUT2D eigenvalue weighted by Gasteiger charge is -2.39. The predicted octanol–water partition coefficient (Wildman–Crippen LogP) is 4.93. The Morgan fingerprint density at radius 2 is 1.82 bits per heavy atom. The number of hydrogen-bond donors (Lipinski definition) is 1. The number of nitrogens with zero attached hydrogens (tertiary/aromatic N) is 1. The Labute approximate surface area is 200 Å². The zero-order valence-electron chi connectivity index (χ0n) is 19.8. The molecule has 34 heavy (non-hydrogen) atoms. The number of ether oxygens (including phenoxy) is 1. The van der Waals surface area contributed by atoms with Crippen LogP contribution in [0, 0.1) is 11.7 Å². The molecule has 0 saturated heterocycles. The Bertz CT molecular complexity index is 1040. The summed E-state index contributed by atoms with van der Waals surface area (Å²) in [7, 11) is 0. The molecule has 3 aliphatic rings. The van der Waals surface area contributed by atoms with Crippen LogP contribution in [-0.4, -0.2) is 35.4 Å².